The van der Waals surface area contributed by atoms with Gasteiger partial charge in [-0.3, -0.25) is 24.6 Å². The maximum Gasteiger partial charge on any atom is 0.355 e. The zero-order valence-corrected chi connectivity index (χ0v) is 18.1. The van der Waals surface area contributed by atoms with Crippen molar-refractivity contribution < 1.29 is 24.0 Å². The Morgan fingerprint density at radius 1 is 1.43 bits per heavy atom. The summed E-state index contributed by atoms with van der Waals surface area (Å²) in [5.41, 5.74) is -1.10. The fraction of sp³-hybridized carbons (Fsp3) is 0.471. The van der Waals surface area contributed by atoms with Crippen LogP contribution in [0, 0.1) is 10.1 Å². The Balaban J connectivity index is 1.86. The zero-order chi connectivity index (χ0) is 20.7. The monoisotopic (exact) mass is 519 g/mol. The van der Waals surface area contributed by atoms with E-state index in [0.29, 0.717) is 16.4 Å². The Bertz CT molecular complexity index is 850. The number of nitrogens with zero attached hydrogens (tertiary/aromatic N) is 2. The maximum atomic E-state index is 13.2. The van der Waals surface area contributed by atoms with Crippen molar-refractivity contribution in [3.63, 3.8) is 0 Å². The molecular formula is C17H18IN3O6S. The van der Waals surface area contributed by atoms with Crippen LogP contribution in [0.3, 0.4) is 0 Å². The number of fused-ring (bicyclic) bond motifs is 1. The lowest BCUT2D eigenvalue weighted by atomic mass is 9.89. The van der Waals surface area contributed by atoms with Crippen LogP contribution >= 0.6 is 34.4 Å². The summed E-state index contributed by atoms with van der Waals surface area (Å²) in [4.78, 5) is 49.1. The number of halogens is 1. The number of thioether (sulfide) groups is 1. The molecular weight excluding hydrogens is 501 g/mol. The second-order valence-electron chi connectivity index (χ2n) is 6.80. The Morgan fingerprint density at radius 2 is 2.07 bits per heavy atom. The summed E-state index contributed by atoms with van der Waals surface area (Å²) >= 11 is 3.61. The van der Waals surface area contributed by atoms with E-state index in [9.17, 15) is 24.5 Å². The molecule has 1 aromatic rings. The molecule has 1 aromatic carbocycles. The number of rotatable bonds is 6. The van der Waals surface area contributed by atoms with Gasteiger partial charge in [-0.1, -0.05) is 22.6 Å². The molecule has 0 aromatic heterocycles. The molecule has 3 atom stereocenters. The molecule has 11 heteroatoms. The molecule has 0 spiro atoms. The second-order valence-corrected chi connectivity index (χ2v) is 9.24. The number of benzene rings is 1. The number of alkyl halides is 1. The summed E-state index contributed by atoms with van der Waals surface area (Å²) < 4.78 is 5.22. The van der Waals surface area contributed by atoms with Gasteiger partial charge in [-0.2, -0.15) is 0 Å². The van der Waals surface area contributed by atoms with E-state index < -0.39 is 27.2 Å². The van der Waals surface area contributed by atoms with Gasteiger partial charge in [-0.05, 0) is 24.6 Å². The number of hydrogen-bond acceptors (Lipinski definition) is 7. The number of nitro groups is 1. The van der Waals surface area contributed by atoms with Crippen LogP contribution in [0.25, 0.3) is 0 Å². The van der Waals surface area contributed by atoms with Crippen LogP contribution in [-0.4, -0.2) is 47.8 Å². The molecule has 2 heterocycles. The number of carbonyl (C=O) groups is 3. The van der Waals surface area contributed by atoms with Gasteiger partial charge in [0.1, 0.15) is 6.61 Å². The first kappa shape index (κ1) is 20.8. The third-order valence-corrected chi connectivity index (χ3v) is 8.51. The predicted octanol–water partition coefficient (Wildman–Crippen LogP) is 1.97. The van der Waals surface area contributed by atoms with Crippen molar-refractivity contribution in [3.05, 3.63) is 39.9 Å². The van der Waals surface area contributed by atoms with Gasteiger partial charge in [-0.25, -0.2) is 4.79 Å². The lowest BCUT2D eigenvalue weighted by Gasteiger charge is -2.47. The molecule has 2 saturated heterocycles. The van der Waals surface area contributed by atoms with Crippen LogP contribution < -0.4 is 5.32 Å². The van der Waals surface area contributed by atoms with Gasteiger partial charge < -0.3 is 10.1 Å². The minimum absolute atomic E-state index is 0.0662. The molecule has 2 amide bonds. The van der Waals surface area contributed by atoms with E-state index in [1.54, 1.807) is 0 Å². The Hall–Kier alpha value is -1.89. The average Bonchev–Trinajstić information content (AvgIpc) is 2.84. The highest BCUT2D eigenvalue weighted by atomic mass is 127. The van der Waals surface area contributed by atoms with Gasteiger partial charge in [0.25, 0.3) is 5.69 Å². The molecule has 2 unspecified atom stereocenters. The van der Waals surface area contributed by atoms with Crippen molar-refractivity contribution in [3.8, 4) is 0 Å². The van der Waals surface area contributed by atoms with Crippen LogP contribution in [0.15, 0.2) is 24.3 Å². The highest BCUT2D eigenvalue weighted by Crippen LogP contribution is 2.56. The number of carbonyl (C=O) groups excluding carboxylic acids is 3. The molecule has 0 bridgehead atoms. The number of esters is 1. The number of amides is 2. The quantitative estimate of drug-likeness (QED) is 0.153. The Labute approximate surface area is 178 Å². The van der Waals surface area contributed by atoms with Gasteiger partial charge in [0.05, 0.1) is 21.5 Å². The first-order valence-corrected chi connectivity index (χ1v) is 10.8. The molecule has 0 radical (unpaired) electrons. The lowest BCUT2D eigenvalue weighted by Crippen LogP contribution is -2.76. The standard InChI is InChI=1S/C17H18IN3O6S/c1-10(22)19-17(16(2,9-18)28-14-7-13(23)20(14)17)15(24)27-8-11-3-5-12(6-4-11)21(25)26/h3-6,14H,7-9H2,1-2H3,(H,19,22)/t14-,16?,17?/m1/s1. The maximum absolute atomic E-state index is 13.2. The van der Waals surface area contributed by atoms with Crippen LogP contribution in [0.2, 0.25) is 0 Å². The lowest BCUT2D eigenvalue weighted by molar-refractivity contribution is -0.384. The largest absolute Gasteiger partial charge is 0.458 e. The fourth-order valence-corrected chi connectivity index (χ4v) is 6.20. The van der Waals surface area contributed by atoms with Crippen molar-refractivity contribution in [1.29, 1.82) is 0 Å². The molecule has 9 nitrogen and oxygen atoms in total. The molecule has 1 N–H and O–H groups in total. The number of nitro benzene ring substituents is 1. The summed E-state index contributed by atoms with van der Waals surface area (Å²) in [6, 6.07) is 5.63. The van der Waals surface area contributed by atoms with E-state index in [0.717, 1.165) is 0 Å². The van der Waals surface area contributed by atoms with E-state index in [4.69, 9.17) is 4.74 Å². The van der Waals surface area contributed by atoms with Crippen molar-refractivity contribution >= 4 is 57.8 Å². The molecule has 2 aliphatic heterocycles. The Morgan fingerprint density at radius 3 is 2.57 bits per heavy atom. The average molecular weight is 519 g/mol. The van der Waals surface area contributed by atoms with E-state index >= 15 is 0 Å². The summed E-state index contributed by atoms with van der Waals surface area (Å²) in [7, 11) is 0. The van der Waals surface area contributed by atoms with Gasteiger partial charge in [-0.15, -0.1) is 11.8 Å². The van der Waals surface area contributed by atoms with Gasteiger partial charge >= 0.3 is 5.97 Å². The van der Waals surface area contributed by atoms with Crippen LogP contribution in [0.5, 0.6) is 0 Å². The van der Waals surface area contributed by atoms with Gasteiger partial charge in [0, 0.05) is 23.5 Å². The second kappa shape index (κ2) is 7.50. The number of nitrogens with one attached hydrogen (secondary N) is 1. The van der Waals surface area contributed by atoms with Crippen molar-refractivity contribution in [2.45, 2.75) is 42.7 Å². The van der Waals surface area contributed by atoms with E-state index in [1.165, 1.54) is 47.9 Å². The van der Waals surface area contributed by atoms with E-state index in [2.05, 4.69) is 27.9 Å². The zero-order valence-electron chi connectivity index (χ0n) is 15.1. The summed E-state index contributed by atoms with van der Waals surface area (Å²) in [6.07, 6.45) is 0.313. The van der Waals surface area contributed by atoms with Crippen LogP contribution in [0.1, 0.15) is 25.8 Å². The first-order valence-electron chi connectivity index (χ1n) is 8.40. The van der Waals surface area contributed by atoms with Gasteiger partial charge in [0.15, 0.2) is 0 Å². The normalized spacial score (nSPS) is 28.3. The molecule has 2 fully saturated rings. The highest BCUT2D eigenvalue weighted by molar-refractivity contribution is 14.1. The topological polar surface area (TPSA) is 119 Å². The van der Waals surface area contributed by atoms with Crippen LogP contribution in [0.4, 0.5) is 5.69 Å². The molecule has 0 aliphatic carbocycles. The molecule has 28 heavy (non-hydrogen) atoms. The highest BCUT2D eigenvalue weighted by Gasteiger charge is 2.72. The number of hydrogen-bond donors (Lipinski definition) is 1. The summed E-state index contributed by atoms with van der Waals surface area (Å²) in [6.45, 7) is 2.99. The number of ether oxygens (including phenoxy) is 1. The van der Waals surface area contributed by atoms with Crippen molar-refractivity contribution in [2.24, 2.45) is 0 Å². The smallest absolute Gasteiger partial charge is 0.355 e. The summed E-state index contributed by atoms with van der Waals surface area (Å²) in [5.74, 6) is -1.38. The SMILES string of the molecule is CC(=O)NC1(C(=O)OCc2ccc([N+](=O)[O-])cc2)N2C(=O)C[C@H]2SC1(C)CI. The number of non-ortho nitro benzene ring substituents is 1. The van der Waals surface area contributed by atoms with E-state index in [-0.39, 0.29) is 23.6 Å². The van der Waals surface area contributed by atoms with Crippen LogP contribution in [-0.2, 0) is 25.7 Å². The molecule has 2 aliphatic rings. The fourth-order valence-electron chi connectivity index (χ4n) is 3.43. The van der Waals surface area contributed by atoms with Gasteiger partial charge in [0.2, 0.25) is 17.5 Å². The third kappa shape index (κ3) is 3.23. The van der Waals surface area contributed by atoms with Crippen molar-refractivity contribution in [2.75, 3.05) is 4.43 Å². The van der Waals surface area contributed by atoms with Crippen molar-refractivity contribution in [1.82, 2.24) is 10.2 Å². The Kier molecular flexibility index (Phi) is 5.58. The minimum Gasteiger partial charge on any atom is -0.458 e. The number of β-lactam (4-membered cyclic amide) rings is 1. The van der Waals surface area contributed by atoms with E-state index in [1.807, 2.05) is 6.92 Å². The minimum atomic E-state index is -1.59. The molecule has 150 valence electrons. The third-order valence-electron chi connectivity index (χ3n) is 4.85. The summed E-state index contributed by atoms with van der Waals surface area (Å²) in [5, 5.41) is 13.3. The predicted molar refractivity (Wildman–Crippen MR) is 110 cm³/mol. The first-order chi connectivity index (χ1) is 13.1. The molecule has 0 saturated carbocycles. The molecule has 3 rings (SSSR count).